The molecule has 0 aliphatic heterocycles. The Bertz CT molecular complexity index is 783. The highest BCUT2D eigenvalue weighted by molar-refractivity contribution is 9.10. The van der Waals surface area contributed by atoms with Crippen LogP contribution in [0.15, 0.2) is 59.1 Å². The molecule has 0 bridgehead atoms. The first-order valence-corrected chi connectivity index (χ1v) is 11.8. The fourth-order valence-electron chi connectivity index (χ4n) is 2.75. The lowest BCUT2D eigenvalue weighted by atomic mass is 10.1. The number of nitrogens with one attached hydrogen (secondary N) is 1. The zero-order valence-corrected chi connectivity index (χ0v) is 19.6. The molecule has 0 radical (unpaired) electrons. The van der Waals surface area contributed by atoms with E-state index in [1.54, 1.807) is 23.6 Å². The zero-order chi connectivity index (χ0) is 21.2. The second kappa shape index (κ2) is 12.0. The summed E-state index contributed by atoms with van der Waals surface area (Å²) in [4.78, 5) is 27.4. The third-order valence-corrected chi connectivity index (χ3v) is 6.29. The van der Waals surface area contributed by atoms with Crippen LogP contribution in [0.5, 0.6) is 0 Å². The number of carbonyl (C=O) groups is 2. The highest BCUT2D eigenvalue weighted by atomic mass is 79.9. The predicted octanol–water partition coefficient (Wildman–Crippen LogP) is 5.01. The van der Waals surface area contributed by atoms with Gasteiger partial charge in [0.05, 0.1) is 5.75 Å². The second-order valence-electron chi connectivity index (χ2n) is 7.12. The van der Waals surface area contributed by atoms with Crippen LogP contribution in [0.25, 0.3) is 0 Å². The van der Waals surface area contributed by atoms with Crippen molar-refractivity contribution in [3.8, 4) is 0 Å². The summed E-state index contributed by atoms with van der Waals surface area (Å²) in [5.74, 6) is 0.969. The van der Waals surface area contributed by atoms with Gasteiger partial charge in [0.2, 0.25) is 11.8 Å². The van der Waals surface area contributed by atoms with E-state index in [9.17, 15) is 9.59 Å². The largest absolute Gasteiger partial charge is 0.352 e. The molecule has 2 aromatic carbocycles. The number of benzene rings is 2. The number of halogens is 1. The van der Waals surface area contributed by atoms with E-state index >= 15 is 0 Å². The lowest BCUT2D eigenvalue weighted by Crippen LogP contribution is -2.50. The van der Waals surface area contributed by atoms with Gasteiger partial charge in [0.15, 0.2) is 0 Å². The smallest absolute Gasteiger partial charge is 0.242 e. The number of carbonyl (C=O) groups excluding carboxylic acids is 2. The molecule has 2 atom stereocenters. The molecule has 0 fully saturated rings. The summed E-state index contributed by atoms with van der Waals surface area (Å²) < 4.78 is 0.986. The molecule has 0 aliphatic rings. The third-order valence-electron chi connectivity index (χ3n) is 4.77. The SMILES string of the molecule is CCC(C)NC(=O)C(C)N(Cc1ccc(Br)cc1)C(=O)CSCc1ccccc1. The van der Waals surface area contributed by atoms with Gasteiger partial charge in [-0.2, -0.15) is 0 Å². The second-order valence-corrected chi connectivity index (χ2v) is 9.02. The van der Waals surface area contributed by atoms with Gasteiger partial charge in [0.1, 0.15) is 6.04 Å². The van der Waals surface area contributed by atoms with Gasteiger partial charge in [-0.15, -0.1) is 11.8 Å². The molecule has 2 amide bonds. The number of rotatable bonds is 10. The van der Waals surface area contributed by atoms with Crippen LogP contribution in [0, 0.1) is 0 Å². The Labute approximate surface area is 186 Å². The van der Waals surface area contributed by atoms with Gasteiger partial charge in [-0.25, -0.2) is 0 Å². The van der Waals surface area contributed by atoms with Crippen LogP contribution in [0.1, 0.15) is 38.3 Å². The van der Waals surface area contributed by atoms with Crippen molar-refractivity contribution in [1.29, 1.82) is 0 Å². The van der Waals surface area contributed by atoms with E-state index in [0.717, 1.165) is 22.2 Å². The number of hydrogen-bond donors (Lipinski definition) is 1. The fourth-order valence-corrected chi connectivity index (χ4v) is 3.88. The van der Waals surface area contributed by atoms with Crippen molar-refractivity contribution in [2.75, 3.05) is 5.75 Å². The minimum absolute atomic E-state index is 0.0272. The van der Waals surface area contributed by atoms with Gasteiger partial charge in [-0.05, 0) is 43.5 Å². The summed E-state index contributed by atoms with van der Waals surface area (Å²) in [6, 6.07) is 17.5. The van der Waals surface area contributed by atoms with Crippen LogP contribution >= 0.6 is 27.7 Å². The van der Waals surface area contributed by atoms with Crippen molar-refractivity contribution in [3.63, 3.8) is 0 Å². The van der Waals surface area contributed by atoms with E-state index in [4.69, 9.17) is 0 Å². The number of thioether (sulfide) groups is 1. The Kier molecular flexibility index (Phi) is 9.74. The molecule has 6 heteroatoms. The lowest BCUT2D eigenvalue weighted by Gasteiger charge is -2.29. The van der Waals surface area contributed by atoms with Crippen LogP contribution in [-0.4, -0.2) is 34.6 Å². The van der Waals surface area contributed by atoms with Gasteiger partial charge < -0.3 is 10.2 Å². The fraction of sp³-hybridized carbons (Fsp3) is 0.391. The molecule has 0 aromatic heterocycles. The number of nitrogens with zero attached hydrogens (tertiary/aromatic N) is 1. The molecule has 4 nitrogen and oxygen atoms in total. The number of hydrogen-bond acceptors (Lipinski definition) is 3. The van der Waals surface area contributed by atoms with Crippen molar-refractivity contribution in [3.05, 3.63) is 70.2 Å². The van der Waals surface area contributed by atoms with Gasteiger partial charge in [0.25, 0.3) is 0 Å². The van der Waals surface area contributed by atoms with Crippen LogP contribution in [-0.2, 0) is 21.9 Å². The predicted molar refractivity (Wildman–Crippen MR) is 125 cm³/mol. The van der Waals surface area contributed by atoms with Crippen LogP contribution in [0.3, 0.4) is 0 Å². The van der Waals surface area contributed by atoms with Crippen LogP contribution in [0.2, 0.25) is 0 Å². The zero-order valence-electron chi connectivity index (χ0n) is 17.2. The summed E-state index contributed by atoms with van der Waals surface area (Å²) in [6.07, 6.45) is 0.853. The first-order chi connectivity index (χ1) is 13.9. The Morgan fingerprint density at radius 3 is 2.31 bits per heavy atom. The molecule has 0 heterocycles. The third kappa shape index (κ3) is 7.86. The Balaban J connectivity index is 2.06. The van der Waals surface area contributed by atoms with Crippen molar-refractivity contribution in [2.24, 2.45) is 0 Å². The van der Waals surface area contributed by atoms with E-state index in [2.05, 4.69) is 33.4 Å². The maximum Gasteiger partial charge on any atom is 0.242 e. The van der Waals surface area contributed by atoms with Crippen molar-refractivity contribution in [2.45, 2.75) is 51.6 Å². The molecule has 2 unspecified atom stereocenters. The molecule has 2 rings (SSSR count). The summed E-state index contributed by atoms with van der Waals surface area (Å²) >= 11 is 5.01. The van der Waals surface area contributed by atoms with Crippen LogP contribution < -0.4 is 5.32 Å². The van der Waals surface area contributed by atoms with E-state index in [0.29, 0.717) is 12.3 Å². The van der Waals surface area contributed by atoms with Gasteiger partial charge >= 0.3 is 0 Å². The van der Waals surface area contributed by atoms with Crippen LogP contribution in [0.4, 0.5) is 0 Å². The molecule has 29 heavy (non-hydrogen) atoms. The molecule has 0 saturated heterocycles. The minimum atomic E-state index is -0.530. The molecule has 0 aliphatic carbocycles. The van der Waals surface area contributed by atoms with E-state index in [1.807, 2.05) is 56.3 Å². The maximum absolute atomic E-state index is 13.0. The summed E-state index contributed by atoms with van der Waals surface area (Å²) in [5, 5.41) is 2.99. The Hall–Kier alpha value is -1.79. The van der Waals surface area contributed by atoms with E-state index in [1.165, 1.54) is 5.56 Å². The molecule has 0 spiro atoms. The van der Waals surface area contributed by atoms with Gasteiger partial charge in [0, 0.05) is 22.8 Å². The maximum atomic E-state index is 13.0. The summed E-state index contributed by atoms with van der Waals surface area (Å²) in [7, 11) is 0. The van der Waals surface area contributed by atoms with Gasteiger partial charge in [-0.3, -0.25) is 9.59 Å². The molecular weight excluding hydrogens is 448 g/mol. The molecule has 156 valence electrons. The molecule has 2 aromatic rings. The number of amides is 2. The summed E-state index contributed by atoms with van der Waals surface area (Å²) in [6.45, 7) is 6.21. The molecule has 1 N–H and O–H groups in total. The Morgan fingerprint density at radius 2 is 1.69 bits per heavy atom. The average Bonchev–Trinajstić information content (AvgIpc) is 2.73. The average molecular weight is 477 g/mol. The highest BCUT2D eigenvalue weighted by Gasteiger charge is 2.26. The van der Waals surface area contributed by atoms with Crippen molar-refractivity contribution < 1.29 is 9.59 Å². The molecular formula is C23H29BrN2O2S. The Morgan fingerprint density at radius 1 is 1.03 bits per heavy atom. The first kappa shape index (κ1) is 23.5. The van der Waals surface area contributed by atoms with Crippen molar-refractivity contribution in [1.82, 2.24) is 10.2 Å². The summed E-state index contributed by atoms with van der Waals surface area (Å²) in [5.41, 5.74) is 2.19. The van der Waals surface area contributed by atoms with E-state index < -0.39 is 6.04 Å². The molecule has 0 saturated carbocycles. The standard InChI is InChI=1S/C23H29BrN2O2S/c1-4-17(2)25-23(28)18(3)26(14-19-10-12-21(24)13-11-19)22(27)16-29-15-20-8-6-5-7-9-20/h5-13,17-18H,4,14-16H2,1-3H3,(H,25,28). The minimum Gasteiger partial charge on any atom is -0.352 e. The van der Waals surface area contributed by atoms with Crippen molar-refractivity contribution >= 4 is 39.5 Å². The quantitative estimate of drug-likeness (QED) is 0.523. The normalized spacial score (nSPS) is 12.8. The highest BCUT2D eigenvalue weighted by Crippen LogP contribution is 2.17. The topological polar surface area (TPSA) is 49.4 Å². The first-order valence-electron chi connectivity index (χ1n) is 9.86. The lowest BCUT2D eigenvalue weighted by molar-refractivity contribution is -0.138. The van der Waals surface area contributed by atoms with Gasteiger partial charge in [-0.1, -0.05) is 65.3 Å². The van der Waals surface area contributed by atoms with E-state index in [-0.39, 0.29) is 17.9 Å². The monoisotopic (exact) mass is 476 g/mol.